The SMILES string of the molecule is Cc1noc(C)c1-c1cnc2c3ccc(S(C)(=O)=O)cc3n([C@H](C)C3CCOCC3)c2c1. The average Bonchev–Trinajstić information content (AvgIpc) is 3.28. The van der Waals surface area contributed by atoms with Gasteiger partial charge in [0.2, 0.25) is 0 Å². The molecule has 1 aliphatic heterocycles. The van der Waals surface area contributed by atoms with Crippen LogP contribution in [0, 0.1) is 19.8 Å². The third-order valence-electron chi connectivity index (χ3n) is 6.72. The van der Waals surface area contributed by atoms with Crippen LogP contribution in [0.5, 0.6) is 0 Å². The van der Waals surface area contributed by atoms with Crippen LogP contribution in [-0.2, 0) is 14.6 Å². The van der Waals surface area contributed by atoms with Gasteiger partial charge in [0.15, 0.2) is 9.84 Å². The number of hydrogen-bond acceptors (Lipinski definition) is 6. The summed E-state index contributed by atoms with van der Waals surface area (Å²) in [5, 5.41) is 5.05. The highest BCUT2D eigenvalue weighted by molar-refractivity contribution is 7.90. The molecule has 7 nitrogen and oxygen atoms in total. The predicted octanol–water partition coefficient (Wildman–Crippen LogP) is 4.85. The van der Waals surface area contributed by atoms with Crippen LogP contribution in [0.15, 0.2) is 39.9 Å². The highest BCUT2D eigenvalue weighted by atomic mass is 32.2. The van der Waals surface area contributed by atoms with Crippen molar-refractivity contribution >= 4 is 31.8 Å². The first-order valence-corrected chi connectivity index (χ1v) is 12.8. The molecule has 0 radical (unpaired) electrons. The second kappa shape index (κ2) is 7.71. The quantitative estimate of drug-likeness (QED) is 0.439. The molecule has 168 valence electrons. The molecule has 4 aromatic rings. The second-order valence-corrected chi connectivity index (χ2v) is 10.8. The van der Waals surface area contributed by atoms with Gasteiger partial charge in [0.05, 0.1) is 27.1 Å². The highest BCUT2D eigenvalue weighted by Gasteiger charge is 2.26. The van der Waals surface area contributed by atoms with E-state index in [0.29, 0.717) is 10.8 Å². The molecule has 0 spiro atoms. The smallest absolute Gasteiger partial charge is 0.175 e. The van der Waals surface area contributed by atoms with E-state index in [1.54, 1.807) is 12.1 Å². The molecule has 0 N–H and O–H groups in total. The predicted molar refractivity (Wildman–Crippen MR) is 124 cm³/mol. The number of aryl methyl sites for hydroxylation is 2. The minimum Gasteiger partial charge on any atom is -0.381 e. The van der Waals surface area contributed by atoms with E-state index in [2.05, 4.69) is 22.7 Å². The molecule has 1 atom stereocenters. The molecule has 0 saturated carbocycles. The van der Waals surface area contributed by atoms with Gasteiger partial charge >= 0.3 is 0 Å². The van der Waals surface area contributed by atoms with E-state index in [9.17, 15) is 8.42 Å². The molecule has 5 rings (SSSR count). The fourth-order valence-electron chi connectivity index (χ4n) is 5.00. The van der Waals surface area contributed by atoms with Crippen molar-refractivity contribution < 1.29 is 17.7 Å². The molecule has 0 unspecified atom stereocenters. The van der Waals surface area contributed by atoms with Gasteiger partial charge in [0.25, 0.3) is 0 Å². The lowest BCUT2D eigenvalue weighted by Gasteiger charge is -2.30. The lowest BCUT2D eigenvalue weighted by molar-refractivity contribution is 0.0525. The number of sulfone groups is 1. The Morgan fingerprint density at radius 1 is 1.12 bits per heavy atom. The number of aromatic nitrogens is 3. The first-order valence-electron chi connectivity index (χ1n) is 10.9. The van der Waals surface area contributed by atoms with Gasteiger partial charge in [-0.25, -0.2) is 8.42 Å². The number of hydrogen-bond donors (Lipinski definition) is 0. The van der Waals surface area contributed by atoms with Crippen molar-refractivity contribution in [1.29, 1.82) is 0 Å². The van der Waals surface area contributed by atoms with Crippen LogP contribution in [0.25, 0.3) is 33.1 Å². The average molecular weight is 454 g/mol. The van der Waals surface area contributed by atoms with Crippen LogP contribution >= 0.6 is 0 Å². The van der Waals surface area contributed by atoms with Gasteiger partial charge in [0, 0.05) is 48.2 Å². The third-order valence-corrected chi connectivity index (χ3v) is 7.83. The Hall–Kier alpha value is -2.71. The number of rotatable bonds is 4. The van der Waals surface area contributed by atoms with E-state index in [1.165, 1.54) is 6.26 Å². The zero-order valence-electron chi connectivity index (χ0n) is 18.8. The summed E-state index contributed by atoms with van der Waals surface area (Å²) in [5.41, 5.74) is 5.47. The Kier molecular flexibility index (Phi) is 5.09. The van der Waals surface area contributed by atoms with E-state index < -0.39 is 9.84 Å². The topological polar surface area (TPSA) is 87.2 Å². The van der Waals surface area contributed by atoms with Crippen molar-refractivity contribution in [3.05, 3.63) is 41.9 Å². The van der Waals surface area contributed by atoms with Crippen molar-refractivity contribution in [2.75, 3.05) is 19.5 Å². The number of ether oxygens (including phenoxy) is 1. The second-order valence-electron chi connectivity index (χ2n) is 8.80. The molecule has 3 aromatic heterocycles. The van der Waals surface area contributed by atoms with E-state index in [-0.39, 0.29) is 6.04 Å². The molecule has 4 heterocycles. The Bertz CT molecular complexity index is 1410. The minimum absolute atomic E-state index is 0.162. The summed E-state index contributed by atoms with van der Waals surface area (Å²) in [6.45, 7) is 7.55. The third kappa shape index (κ3) is 3.42. The van der Waals surface area contributed by atoms with Gasteiger partial charge in [-0.3, -0.25) is 4.98 Å². The molecule has 0 aliphatic carbocycles. The van der Waals surface area contributed by atoms with Crippen molar-refractivity contribution in [2.45, 2.75) is 44.6 Å². The molecule has 8 heteroatoms. The number of nitrogens with zero attached hydrogens (tertiary/aromatic N) is 3. The van der Waals surface area contributed by atoms with Crippen molar-refractivity contribution in [1.82, 2.24) is 14.7 Å². The normalized spacial score (nSPS) is 16.8. The molecule has 1 fully saturated rings. The minimum atomic E-state index is -3.33. The van der Waals surface area contributed by atoms with E-state index in [1.807, 2.05) is 26.1 Å². The van der Waals surface area contributed by atoms with Crippen molar-refractivity contribution in [3.8, 4) is 11.1 Å². The summed E-state index contributed by atoms with van der Waals surface area (Å²) in [6, 6.07) is 7.63. The highest BCUT2D eigenvalue weighted by Crippen LogP contribution is 2.39. The molecule has 32 heavy (non-hydrogen) atoms. The number of fused-ring (bicyclic) bond motifs is 3. The van der Waals surface area contributed by atoms with Crippen LogP contribution in [-0.4, -0.2) is 42.6 Å². The van der Waals surface area contributed by atoms with Gasteiger partial charge < -0.3 is 13.8 Å². The first-order chi connectivity index (χ1) is 15.3. The van der Waals surface area contributed by atoms with Gasteiger partial charge in [-0.15, -0.1) is 0 Å². The maximum absolute atomic E-state index is 12.3. The monoisotopic (exact) mass is 453 g/mol. The van der Waals surface area contributed by atoms with Crippen molar-refractivity contribution in [2.24, 2.45) is 5.92 Å². The maximum atomic E-state index is 12.3. The number of benzene rings is 1. The fraction of sp³-hybridized carbons (Fsp3) is 0.417. The van der Waals surface area contributed by atoms with Crippen LogP contribution in [0.3, 0.4) is 0 Å². The lowest BCUT2D eigenvalue weighted by Crippen LogP contribution is -2.24. The van der Waals surface area contributed by atoms with Gasteiger partial charge in [-0.05, 0) is 63.8 Å². The van der Waals surface area contributed by atoms with Gasteiger partial charge in [-0.1, -0.05) is 5.16 Å². The van der Waals surface area contributed by atoms with Crippen LogP contribution in [0.4, 0.5) is 0 Å². The van der Waals surface area contributed by atoms with E-state index in [4.69, 9.17) is 14.2 Å². The zero-order chi connectivity index (χ0) is 22.6. The van der Waals surface area contributed by atoms with Gasteiger partial charge in [-0.2, -0.15) is 0 Å². The molecular formula is C24H27N3O4S. The summed E-state index contributed by atoms with van der Waals surface area (Å²) in [6.07, 6.45) is 5.05. The number of pyridine rings is 1. The van der Waals surface area contributed by atoms with Crippen LogP contribution in [0.1, 0.15) is 37.3 Å². The van der Waals surface area contributed by atoms with Crippen LogP contribution in [0.2, 0.25) is 0 Å². The standard InChI is InChI=1S/C24H27N3O4S/c1-14-23(16(3)31-26-14)18-11-22-24(25-13-18)20-6-5-19(32(4,28)29)12-21(20)27(22)15(2)17-7-9-30-10-8-17/h5-6,11-13,15,17H,7-10H2,1-4H3/t15-/m1/s1. The fourth-order valence-corrected chi connectivity index (χ4v) is 5.64. The van der Waals surface area contributed by atoms with E-state index >= 15 is 0 Å². The Labute approximate surface area is 187 Å². The summed E-state index contributed by atoms with van der Waals surface area (Å²) in [4.78, 5) is 5.14. The van der Waals surface area contributed by atoms with Gasteiger partial charge in [0.1, 0.15) is 5.76 Å². The van der Waals surface area contributed by atoms with Crippen molar-refractivity contribution in [3.63, 3.8) is 0 Å². The Morgan fingerprint density at radius 3 is 2.53 bits per heavy atom. The maximum Gasteiger partial charge on any atom is 0.175 e. The first kappa shape index (κ1) is 21.2. The summed E-state index contributed by atoms with van der Waals surface area (Å²) >= 11 is 0. The molecule has 1 aliphatic rings. The molecule has 0 bridgehead atoms. The lowest BCUT2D eigenvalue weighted by atomic mass is 9.92. The largest absolute Gasteiger partial charge is 0.381 e. The molecule has 0 amide bonds. The van der Waals surface area contributed by atoms with Crippen LogP contribution < -0.4 is 0 Å². The summed E-state index contributed by atoms with van der Waals surface area (Å²) in [7, 11) is -3.33. The van der Waals surface area contributed by atoms with E-state index in [0.717, 1.165) is 70.6 Å². The molecule has 1 saturated heterocycles. The molecular weight excluding hydrogens is 426 g/mol. The summed E-state index contributed by atoms with van der Waals surface area (Å²) in [5.74, 6) is 1.19. The Balaban J connectivity index is 1.80. The Morgan fingerprint density at radius 2 is 1.88 bits per heavy atom. The molecule has 1 aromatic carbocycles. The zero-order valence-corrected chi connectivity index (χ0v) is 19.6. The summed E-state index contributed by atoms with van der Waals surface area (Å²) < 4.78 is 37.8.